The van der Waals surface area contributed by atoms with Gasteiger partial charge in [-0.1, -0.05) is 24.3 Å². The molecule has 2 amide bonds. The SMILES string of the molecule is O=C(COc1cccc([N+](=O)[O-])c1)NC1CC(=O)N(c2ccccc2)C1. The summed E-state index contributed by atoms with van der Waals surface area (Å²) in [7, 11) is 0. The summed E-state index contributed by atoms with van der Waals surface area (Å²) in [5.41, 5.74) is 0.685. The van der Waals surface area contributed by atoms with Crippen LogP contribution in [0.2, 0.25) is 0 Å². The summed E-state index contributed by atoms with van der Waals surface area (Å²) in [6.45, 7) is 0.114. The smallest absolute Gasteiger partial charge is 0.273 e. The standard InChI is InChI=1S/C18H17N3O5/c22-17(12-26-16-8-4-7-15(10-16)21(24)25)19-13-9-18(23)20(11-13)14-5-2-1-3-6-14/h1-8,10,13H,9,11-12H2,(H,19,22). The number of ether oxygens (including phenoxy) is 1. The summed E-state index contributed by atoms with van der Waals surface area (Å²) in [6, 6.07) is 14.6. The number of rotatable bonds is 6. The van der Waals surface area contributed by atoms with E-state index in [1.807, 2.05) is 30.3 Å². The maximum Gasteiger partial charge on any atom is 0.273 e. The van der Waals surface area contributed by atoms with Crippen LogP contribution >= 0.6 is 0 Å². The summed E-state index contributed by atoms with van der Waals surface area (Å²) in [5, 5.41) is 13.5. The molecule has 0 saturated carbocycles. The topological polar surface area (TPSA) is 102 Å². The number of anilines is 1. The molecule has 0 aliphatic carbocycles. The highest BCUT2D eigenvalue weighted by atomic mass is 16.6. The van der Waals surface area contributed by atoms with Crippen LogP contribution in [-0.4, -0.2) is 35.9 Å². The maximum absolute atomic E-state index is 12.1. The molecule has 26 heavy (non-hydrogen) atoms. The number of nitrogens with one attached hydrogen (secondary N) is 1. The first-order chi connectivity index (χ1) is 12.5. The van der Waals surface area contributed by atoms with Crippen molar-refractivity contribution in [3.8, 4) is 5.75 Å². The van der Waals surface area contributed by atoms with Gasteiger partial charge in [-0.05, 0) is 18.2 Å². The highest BCUT2D eigenvalue weighted by Crippen LogP contribution is 2.21. The lowest BCUT2D eigenvalue weighted by atomic mass is 10.2. The van der Waals surface area contributed by atoms with E-state index in [-0.39, 0.29) is 42.3 Å². The van der Waals surface area contributed by atoms with Crippen molar-refractivity contribution in [3.63, 3.8) is 0 Å². The number of amides is 2. The number of benzene rings is 2. The third-order valence-corrected chi connectivity index (χ3v) is 3.96. The molecule has 1 aliphatic heterocycles. The van der Waals surface area contributed by atoms with E-state index < -0.39 is 4.92 Å². The van der Waals surface area contributed by atoms with E-state index in [9.17, 15) is 19.7 Å². The number of hydrogen-bond donors (Lipinski definition) is 1. The van der Waals surface area contributed by atoms with Crippen molar-refractivity contribution in [2.75, 3.05) is 18.1 Å². The van der Waals surface area contributed by atoms with E-state index >= 15 is 0 Å². The van der Waals surface area contributed by atoms with Crippen molar-refractivity contribution in [1.82, 2.24) is 5.32 Å². The molecule has 1 fully saturated rings. The van der Waals surface area contributed by atoms with Crippen molar-refractivity contribution in [2.45, 2.75) is 12.5 Å². The fourth-order valence-corrected chi connectivity index (χ4v) is 2.77. The average Bonchev–Trinajstić information content (AvgIpc) is 3.01. The van der Waals surface area contributed by atoms with Crippen LogP contribution in [0.3, 0.4) is 0 Å². The fourth-order valence-electron chi connectivity index (χ4n) is 2.77. The number of non-ortho nitro benzene ring substituents is 1. The molecule has 8 nitrogen and oxygen atoms in total. The summed E-state index contributed by atoms with van der Waals surface area (Å²) < 4.78 is 5.29. The quantitative estimate of drug-likeness (QED) is 0.630. The van der Waals surface area contributed by atoms with E-state index in [1.165, 1.54) is 24.3 Å². The van der Waals surface area contributed by atoms with Gasteiger partial charge in [0.2, 0.25) is 5.91 Å². The first-order valence-electron chi connectivity index (χ1n) is 8.05. The summed E-state index contributed by atoms with van der Waals surface area (Å²) in [6.07, 6.45) is 0.220. The van der Waals surface area contributed by atoms with Gasteiger partial charge in [-0.2, -0.15) is 0 Å². The summed E-state index contributed by atoms with van der Waals surface area (Å²) >= 11 is 0. The minimum atomic E-state index is -0.533. The van der Waals surface area contributed by atoms with Crippen molar-refractivity contribution in [2.24, 2.45) is 0 Å². The number of carbonyl (C=O) groups excluding carboxylic acids is 2. The molecule has 0 aromatic heterocycles. The van der Waals surface area contributed by atoms with E-state index in [0.29, 0.717) is 6.54 Å². The van der Waals surface area contributed by atoms with Crippen LogP contribution < -0.4 is 15.0 Å². The van der Waals surface area contributed by atoms with Crippen molar-refractivity contribution < 1.29 is 19.2 Å². The van der Waals surface area contributed by atoms with Crippen molar-refractivity contribution >= 4 is 23.2 Å². The lowest BCUT2D eigenvalue weighted by Crippen LogP contribution is -2.39. The second-order valence-electron chi connectivity index (χ2n) is 5.85. The minimum absolute atomic E-state index is 0.0545. The number of carbonyl (C=O) groups is 2. The van der Waals surface area contributed by atoms with E-state index in [2.05, 4.69) is 5.32 Å². The predicted octanol–water partition coefficient (Wildman–Crippen LogP) is 1.90. The normalized spacial score (nSPS) is 16.4. The Labute approximate surface area is 149 Å². The van der Waals surface area contributed by atoms with E-state index in [0.717, 1.165) is 5.69 Å². The van der Waals surface area contributed by atoms with Gasteiger partial charge in [-0.15, -0.1) is 0 Å². The molecule has 2 aromatic carbocycles. The van der Waals surface area contributed by atoms with E-state index in [4.69, 9.17) is 4.74 Å². The van der Waals surface area contributed by atoms with Gasteiger partial charge >= 0.3 is 0 Å². The first kappa shape index (κ1) is 17.4. The fraction of sp³-hybridized carbons (Fsp3) is 0.222. The lowest BCUT2D eigenvalue weighted by molar-refractivity contribution is -0.384. The first-order valence-corrected chi connectivity index (χ1v) is 8.05. The molecule has 1 aliphatic rings. The van der Waals surface area contributed by atoms with Crippen LogP contribution in [0.4, 0.5) is 11.4 Å². The Morgan fingerprint density at radius 2 is 2.00 bits per heavy atom. The molecule has 2 aromatic rings. The molecule has 134 valence electrons. The molecular weight excluding hydrogens is 338 g/mol. The van der Waals surface area contributed by atoms with Gasteiger partial charge in [0.25, 0.3) is 11.6 Å². The van der Waals surface area contributed by atoms with Crippen molar-refractivity contribution in [3.05, 3.63) is 64.7 Å². The number of nitro groups is 1. The minimum Gasteiger partial charge on any atom is -0.484 e. The summed E-state index contributed by atoms with van der Waals surface area (Å²) in [4.78, 5) is 36.0. The van der Waals surface area contributed by atoms with Crippen LogP contribution in [0.1, 0.15) is 6.42 Å². The molecule has 0 radical (unpaired) electrons. The number of nitrogens with zero attached hydrogens (tertiary/aromatic N) is 2. The largest absolute Gasteiger partial charge is 0.484 e. The van der Waals surface area contributed by atoms with E-state index in [1.54, 1.807) is 4.90 Å². The lowest BCUT2D eigenvalue weighted by Gasteiger charge is -2.17. The Morgan fingerprint density at radius 1 is 1.23 bits per heavy atom. The third kappa shape index (κ3) is 4.15. The molecule has 1 saturated heterocycles. The Hall–Kier alpha value is -3.42. The molecule has 1 heterocycles. The average molecular weight is 355 g/mol. The van der Waals surface area contributed by atoms with Crippen LogP contribution in [0, 0.1) is 10.1 Å². The third-order valence-electron chi connectivity index (χ3n) is 3.96. The highest BCUT2D eigenvalue weighted by molar-refractivity contribution is 5.96. The Balaban J connectivity index is 1.52. The second-order valence-corrected chi connectivity index (χ2v) is 5.85. The van der Waals surface area contributed by atoms with Crippen molar-refractivity contribution in [1.29, 1.82) is 0 Å². The number of hydrogen-bond acceptors (Lipinski definition) is 5. The zero-order valence-corrected chi connectivity index (χ0v) is 13.8. The van der Waals surface area contributed by atoms with Gasteiger partial charge in [0, 0.05) is 24.7 Å². The molecule has 1 unspecified atom stereocenters. The van der Waals surface area contributed by atoms with Gasteiger partial charge in [-0.3, -0.25) is 19.7 Å². The van der Waals surface area contributed by atoms with Crippen LogP contribution in [-0.2, 0) is 9.59 Å². The molecule has 0 bridgehead atoms. The zero-order chi connectivity index (χ0) is 18.5. The molecule has 3 rings (SSSR count). The summed E-state index contributed by atoms with van der Waals surface area (Å²) in [5.74, 6) is -0.201. The van der Waals surface area contributed by atoms with Crippen LogP contribution in [0.25, 0.3) is 0 Å². The molecular formula is C18H17N3O5. The maximum atomic E-state index is 12.1. The molecule has 8 heteroatoms. The Kier molecular flexibility index (Phi) is 5.12. The predicted molar refractivity (Wildman–Crippen MR) is 93.9 cm³/mol. The van der Waals surface area contributed by atoms with Crippen LogP contribution in [0.15, 0.2) is 54.6 Å². The van der Waals surface area contributed by atoms with Gasteiger partial charge in [0.1, 0.15) is 5.75 Å². The Bertz CT molecular complexity index is 825. The number of para-hydroxylation sites is 1. The number of nitro benzene ring substituents is 1. The second kappa shape index (κ2) is 7.64. The zero-order valence-electron chi connectivity index (χ0n) is 13.8. The molecule has 0 spiro atoms. The highest BCUT2D eigenvalue weighted by Gasteiger charge is 2.31. The van der Waals surface area contributed by atoms with Gasteiger partial charge < -0.3 is 15.0 Å². The van der Waals surface area contributed by atoms with Gasteiger partial charge in [0.05, 0.1) is 17.0 Å². The monoisotopic (exact) mass is 355 g/mol. The van der Waals surface area contributed by atoms with Crippen LogP contribution in [0.5, 0.6) is 5.75 Å². The van der Waals surface area contributed by atoms with Gasteiger partial charge in [-0.25, -0.2) is 0 Å². The molecule has 1 atom stereocenters. The molecule has 1 N–H and O–H groups in total. The Morgan fingerprint density at radius 3 is 2.73 bits per heavy atom. The van der Waals surface area contributed by atoms with Gasteiger partial charge in [0.15, 0.2) is 6.61 Å².